The number of carbonyl (C=O) groups excluding carboxylic acids is 1. The van der Waals surface area contributed by atoms with Crippen molar-refractivity contribution in [1.29, 1.82) is 0 Å². The lowest BCUT2D eigenvalue weighted by molar-refractivity contribution is 0.0704. The van der Waals surface area contributed by atoms with E-state index in [9.17, 15) is 4.79 Å². The first-order valence-electron chi connectivity index (χ1n) is 8.07. The fraction of sp³-hybridized carbons (Fsp3) is 0.0455. The summed E-state index contributed by atoms with van der Waals surface area (Å²) in [5, 5.41) is 0.879. The van der Waals surface area contributed by atoms with E-state index in [2.05, 4.69) is 31.2 Å². The number of rotatable bonds is 3. The van der Waals surface area contributed by atoms with Crippen molar-refractivity contribution in [1.82, 2.24) is 0 Å². The minimum absolute atomic E-state index is 0.198. The minimum Gasteiger partial charge on any atom is -0.449 e. The van der Waals surface area contributed by atoms with Gasteiger partial charge in [-0.2, -0.15) is 0 Å². The Morgan fingerprint density at radius 3 is 2.16 bits per heavy atom. The number of ether oxygens (including phenoxy) is 1. The first kappa shape index (κ1) is 15.2. The van der Waals surface area contributed by atoms with Crippen LogP contribution in [0.25, 0.3) is 22.1 Å². The summed E-state index contributed by atoms with van der Waals surface area (Å²) in [4.78, 5) is 12.3. The number of para-hydroxylation sites is 1. The van der Waals surface area contributed by atoms with E-state index in [1.807, 2.05) is 36.4 Å². The van der Waals surface area contributed by atoms with Gasteiger partial charge in [0.25, 0.3) is 0 Å². The first-order valence-corrected chi connectivity index (χ1v) is 8.07. The van der Waals surface area contributed by atoms with Crippen LogP contribution in [0.15, 0.2) is 83.3 Å². The second-order valence-corrected chi connectivity index (χ2v) is 5.93. The van der Waals surface area contributed by atoms with Crippen LogP contribution in [-0.2, 0) is 0 Å². The molecule has 25 heavy (non-hydrogen) atoms. The fourth-order valence-corrected chi connectivity index (χ4v) is 2.70. The standard InChI is InChI=1S/C22H16O3/c1-15-6-8-16(9-7-15)17-10-12-19(13-11-17)24-22(23)21-14-18-4-2-3-5-20(18)25-21/h2-14H,1H3. The Hall–Kier alpha value is -3.33. The Labute approximate surface area is 145 Å². The molecule has 122 valence electrons. The molecule has 0 radical (unpaired) electrons. The Balaban J connectivity index is 1.52. The highest BCUT2D eigenvalue weighted by atomic mass is 16.5. The van der Waals surface area contributed by atoms with E-state index in [4.69, 9.17) is 9.15 Å². The highest BCUT2D eigenvalue weighted by Crippen LogP contribution is 2.24. The van der Waals surface area contributed by atoms with Crippen LogP contribution in [0.3, 0.4) is 0 Å². The summed E-state index contributed by atoms with van der Waals surface area (Å²) < 4.78 is 10.9. The van der Waals surface area contributed by atoms with Gasteiger partial charge in [0.05, 0.1) is 0 Å². The monoisotopic (exact) mass is 328 g/mol. The number of hydrogen-bond donors (Lipinski definition) is 0. The maximum Gasteiger partial charge on any atom is 0.379 e. The average molecular weight is 328 g/mol. The maximum atomic E-state index is 12.3. The van der Waals surface area contributed by atoms with Crippen LogP contribution in [0, 0.1) is 6.92 Å². The fourth-order valence-electron chi connectivity index (χ4n) is 2.70. The quantitative estimate of drug-likeness (QED) is 0.361. The lowest BCUT2D eigenvalue weighted by atomic mass is 10.0. The van der Waals surface area contributed by atoms with Gasteiger partial charge < -0.3 is 9.15 Å². The third-order valence-electron chi connectivity index (χ3n) is 4.08. The zero-order valence-electron chi connectivity index (χ0n) is 13.7. The van der Waals surface area contributed by atoms with E-state index in [-0.39, 0.29) is 5.76 Å². The highest BCUT2D eigenvalue weighted by Gasteiger charge is 2.14. The van der Waals surface area contributed by atoms with Crippen molar-refractivity contribution in [3.8, 4) is 16.9 Å². The third-order valence-corrected chi connectivity index (χ3v) is 4.08. The molecule has 0 aliphatic heterocycles. The predicted molar refractivity (Wildman–Crippen MR) is 97.8 cm³/mol. The topological polar surface area (TPSA) is 39.4 Å². The molecule has 0 saturated heterocycles. The molecule has 0 aliphatic carbocycles. The summed E-state index contributed by atoms with van der Waals surface area (Å²) in [5.74, 6) is 0.185. The van der Waals surface area contributed by atoms with E-state index < -0.39 is 5.97 Å². The Bertz CT molecular complexity index is 992. The predicted octanol–water partition coefficient (Wildman–Crippen LogP) is 5.63. The summed E-state index contributed by atoms with van der Waals surface area (Å²) in [6.07, 6.45) is 0. The summed E-state index contributed by atoms with van der Waals surface area (Å²) in [6, 6.07) is 24.9. The lowest BCUT2D eigenvalue weighted by Crippen LogP contribution is -2.06. The van der Waals surface area contributed by atoms with Crippen molar-refractivity contribution in [2.75, 3.05) is 0 Å². The van der Waals surface area contributed by atoms with Gasteiger partial charge >= 0.3 is 5.97 Å². The minimum atomic E-state index is -0.501. The van der Waals surface area contributed by atoms with E-state index in [0.29, 0.717) is 11.3 Å². The molecule has 0 bridgehead atoms. The normalized spacial score (nSPS) is 10.8. The number of hydrogen-bond acceptors (Lipinski definition) is 3. The number of furan rings is 1. The number of benzene rings is 3. The van der Waals surface area contributed by atoms with Gasteiger partial charge in [-0.15, -0.1) is 0 Å². The second kappa shape index (κ2) is 6.29. The molecule has 0 fully saturated rings. The third kappa shape index (κ3) is 3.17. The number of esters is 1. The largest absolute Gasteiger partial charge is 0.449 e. The van der Waals surface area contributed by atoms with Crippen LogP contribution in [-0.4, -0.2) is 5.97 Å². The number of carbonyl (C=O) groups is 1. The van der Waals surface area contributed by atoms with E-state index in [1.165, 1.54) is 5.56 Å². The molecule has 0 amide bonds. The highest BCUT2D eigenvalue weighted by molar-refractivity contribution is 5.93. The summed E-state index contributed by atoms with van der Waals surface area (Å²) in [5.41, 5.74) is 4.09. The summed E-state index contributed by atoms with van der Waals surface area (Å²) in [7, 11) is 0. The summed E-state index contributed by atoms with van der Waals surface area (Å²) in [6.45, 7) is 2.06. The molecule has 0 atom stereocenters. The Kier molecular flexibility index (Phi) is 3.82. The van der Waals surface area contributed by atoms with Gasteiger partial charge in [-0.1, -0.05) is 60.2 Å². The van der Waals surface area contributed by atoms with Crippen LogP contribution in [0.4, 0.5) is 0 Å². The molecular weight excluding hydrogens is 312 g/mol. The molecule has 1 aromatic heterocycles. The maximum absolute atomic E-state index is 12.3. The molecule has 4 rings (SSSR count). The zero-order chi connectivity index (χ0) is 17.2. The molecule has 0 unspecified atom stereocenters. The van der Waals surface area contributed by atoms with Crippen molar-refractivity contribution in [2.45, 2.75) is 6.92 Å². The molecule has 0 saturated carbocycles. The number of aryl methyl sites for hydroxylation is 1. The van der Waals surface area contributed by atoms with Crippen LogP contribution in [0.2, 0.25) is 0 Å². The van der Waals surface area contributed by atoms with Crippen LogP contribution < -0.4 is 4.74 Å². The molecule has 0 spiro atoms. The van der Waals surface area contributed by atoms with Gasteiger partial charge in [-0.05, 0) is 42.3 Å². The molecular formula is C22H16O3. The number of fused-ring (bicyclic) bond motifs is 1. The van der Waals surface area contributed by atoms with Crippen molar-refractivity contribution >= 4 is 16.9 Å². The molecule has 3 aromatic carbocycles. The zero-order valence-corrected chi connectivity index (χ0v) is 13.7. The SMILES string of the molecule is Cc1ccc(-c2ccc(OC(=O)c3cc4ccccc4o3)cc2)cc1. The van der Waals surface area contributed by atoms with Gasteiger partial charge in [0.15, 0.2) is 0 Å². The van der Waals surface area contributed by atoms with Gasteiger partial charge in [0.2, 0.25) is 5.76 Å². The van der Waals surface area contributed by atoms with Crippen LogP contribution in [0.1, 0.15) is 16.1 Å². The van der Waals surface area contributed by atoms with Gasteiger partial charge in [0, 0.05) is 5.39 Å². The molecule has 1 heterocycles. The van der Waals surface area contributed by atoms with Crippen LogP contribution >= 0.6 is 0 Å². The molecule has 3 heteroatoms. The summed E-state index contributed by atoms with van der Waals surface area (Å²) >= 11 is 0. The Morgan fingerprint density at radius 2 is 1.48 bits per heavy atom. The molecule has 4 aromatic rings. The van der Waals surface area contributed by atoms with Crippen molar-refractivity contribution in [2.24, 2.45) is 0 Å². The average Bonchev–Trinajstić information content (AvgIpc) is 3.07. The molecule has 3 nitrogen and oxygen atoms in total. The Morgan fingerprint density at radius 1 is 0.840 bits per heavy atom. The van der Waals surface area contributed by atoms with Gasteiger partial charge in [-0.25, -0.2) is 4.79 Å². The first-order chi connectivity index (χ1) is 12.2. The molecule has 0 aliphatic rings. The van der Waals surface area contributed by atoms with Crippen molar-refractivity contribution in [3.63, 3.8) is 0 Å². The lowest BCUT2D eigenvalue weighted by Gasteiger charge is -2.05. The second-order valence-electron chi connectivity index (χ2n) is 5.93. The van der Waals surface area contributed by atoms with Crippen LogP contribution in [0.5, 0.6) is 5.75 Å². The van der Waals surface area contributed by atoms with Crippen molar-refractivity contribution in [3.05, 3.63) is 90.2 Å². The van der Waals surface area contributed by atoms with Gasteiger partial charge in [-0.3, -0.25) is 0 Å². The van der Waals surface area contributed by atoms with Crippen molar-refractivity contribution < 1.29 is 13.9 Å². The van der Waals surface area contributed by atoms with E-state index >= 15 is 0 Å². The smallest absolute Gasteiger partial charge is 0.379 e. The molecule has 0 N–H and O–H groups in total. The van der Waals surface area contributed by atoms with E-state index in [0.717, 1.165) is 16.5 Å². The van der Waals surface area contributed by atoms with Gasteiger partial charge in [0.1, 0.15) is 11.3 Å². The van der Waals surface area contributed by atoms with E-state index in [1.54, 1.807) is 18.2 Å².